The fraction of sp³-hybridized carbons (Fsp3) is 0.500. The lowest BCUT2D eigenvalue weighted by atomic mass is 10.1. The third kappa shape index (κ3) is 2.43. The number of fused-ring (bicyclic) bond motifs is 1. The summed E-state index contributed by atoms with van der Waals surface area (Å²) in [5.41, 5.74) is 1.80. The number of rotatable bonds is 2. The van der Waals surface area contributed by atoms with E-state index in [1.807, 2.05) is 24.3 Å². The summed E-state index contributed by atoms with van der Waals surface area (Å²) in [4.78, 5) is 4.46. The van der Waals surface area contributed by atoms with Gasteiger partial charge in [0.15, 0.2) is 5.58 Å². The predicted octanol–water partition coefficient (Wildman–Crippen LogP) is 3.96. The molecule has 1 aromatic heterocycles. The minimum absolute atomic E-state index is 0.533. The highest BCUT2D eigenvalue weighted by atomic mass is 16.4. The Labute approximate surface area is 101 Å². The van der Waals surface area contributed by atoms with Crippen molar-refractivity contribution < 1.29 is 4.42 Å². The van der Waals surface area contributed by atoms with Gasteiger partial charge in [-0.1, -0.05) is 37.8 Å². The van der Waals surface area contributed by atoms with Crippen molar-refractivity contribution in [2.24, 2.45) is 0 Å². The van der Waals surface area contributed by atoms with Crippen LogP contribution in [0.1, 0.15) is 38.5 Å². The number of para-hydroxylation sites is 2. The Balaban J connectivity index is 1.75. The summed E-state index contributed by atoms with van der Waals surface area (Å²) in [6.45, 7) is 0. The topological polar surface area (TPSA) is 38.1 Å². The molecule has 0 bridgehead atoms. The van der Waals surface area contributed by atoms with Gasteiger partial charge in [0.2, 0.25) is 0 Å². The maximum atomic E-state index is 5.69. The molecule has 1 aliphatic carbocycles. The molecule has 90 valence electrons. The van der Waals surface area contributed by atoms with Crippen LogP contribution in [0.3, 0.4) is 0 Å². The van der Waals surface area contributed by atoms with Crippen molar-refractivity contribution in [1.29, 1.82) is 0 Å². The van der Waals surface area contributed by atoms with Crippen molar-refractivity contribution in [3.05, 3.63) is 24.3 Å². The van der Waals surface area contributed by atoms with Crippen molar-refractivity contribution in [3.8, 4) is 0 Å². The molecule has 1 heterocycles. The van der Waals surface area contributed by atoms with Gasteiger partial charge in [-0.25, -0.2) is 0 Å². The highest BCUT2D eigenvalue weighted by molar-refractivity contribution is 5.74. The average molecular weight is 230 g/mol. The molecule has 1 aromatic carbocycles. The van der Waals surface area contributed by atoms with Crippen LogP contribution >= 0.6 is 0 Å². The molecule has 17 heavy (non-hydrogen) atoms. The van der Waals surface area contributed by atoms with Crippen LogP contribution in [0.5, 0.6) is 0 Å². The first kappa shape index (κ1) is 10.6. The van der Waals surface area contributed by atoms with Crippen LogP contribution in [0.4, 0.5) is 6.01 Å². The Hall–Kier alpha value is -1.51. The molecular weight excluding hydrogens is 212 g/mol. The minimum Gasteiger partial charge on any atom is -0.424 e. The lowest BCUT2D eigenvalue weighted by molar-refractivity contribution is 0.560. The van der Waals surface area contributed by atoms with E-state index in [0.29, 0.717) is 12.1 Å². The van der Waals surface area contributed by atoms with Gasteiger partial charge in [-0.3, -0.25) is 0 Å². The quantitative estimate of drug-likeness (QED) is 0.793. The number of hydrogen-bond acceptors (Lipinski definition) is 3. The van der Waals surface area contributed by atoms with Crippen molar-refractivity contribution in [3.63, 3.8) is 0 Å². The van der Waals surface area contributed by atoms with Gasteiger partial charge < -0.3 is 9.73 Å². The molecule has 0 aliphatic heterocycles. The summed E-state index contributed by atoms with van der Waals surface area (Å²) in [6, 6.07) is 9.12. The van der Waals surface area contributed by atoms with Crippen LogP contribution in [0.15, 0.2) is 28.7 Å². The minimum atomic E-state index is 0.533. The monoisotopic (exact) mass is 230 g/mol. The highest BCUT2D eigenvalue weighted by Gasteiger charge is 2.14. The van der Waals surface area contributed by atoms with Gasteiger partial charge in [0.1, 0.15) is 5.52 Å². The number of aromatic nitrogens is 1. The van der Waals surface area contributed by atoms with Crippen molar-refractivity contribution >= 4 is 17.1 Å². The molecule has 0 radical (unpaired) electrons. The maximum absolute atomic E-state index is 5.69. The standard InChI is InChI=1S/C14H18N2O/c1-2-4-8-11(7-3-1)15-14-16-12-9-5-6-10-13(12)17-14/h5-6,9-11H,1-4,7-8H2,(H,15,16). The van der Waals surface area contributed by atoms with Crippen LogP contribution in [0, 0.1) is 0 Å². The third-order valence-electron chi connectivity index (χ3n) is 3.48. The smallest absolute Gasteiger partial charge is 0.295 e. The van der Waals surface area contributed by atoms with Crippen LogP contribution in [0.25, 0.3) is 11.1 Å². The van der Waals surface area contributed by atoms with E-state index in [1.54, 1.807) is 0 Å². The van der Waals surface area contributed by atoms with E-state index in [4.69, 9.17) is 4.42 Å². The van der Waals surface area contributed by atoms with E-state index < -0.39 is 0 Å². The first-order valence-electron chi connectivity index (χ1n) is 6.54. The van der Waals surface area contributed by atoms with Gasteiger partial charge >= 0.3 is 0 Å². The van der Waals surface area contributed by atoms with Gasteiger partial charge in [-0.05, 0) is 25.0 Å². The van der Waals surface area contributed by atoms with Crippen LogP contribution < -0.4 is 5.32 Å². The molecule has 0 atom stereocenters. The molecule has 1 saturated carbocycles. The number of anilines is 1. The molecule has 1 N–H and O–H groups in total. The number of hydrogen-bond donors (Lipinski definition) is 1. The molecular formula is C14H18N2O. The first-order valence-corrected chi connectivity index (χ1v) is 6.54. The van der Waals surface area contributed by atoms with Gasteiger partial charge in [0.25, 0.3) is 6.01 Å². The molecule has 1 aliphatic rings. The average Bonchev–Trinajstić information content (AvgIpc) is 2.57. The Morgan fingerprint density at radius 2 is 1.82 bits per heavy atom. The lowest BCUT2D eigenvalue weighted by Crippen LogP contribution is -2.18. The van der Waals surface area contributed by atoms with Crippen LogP contribution in [0.2, 0.25) is 0 Å². The third-order valence-corrected chi connectivity index (χ3v) is 3.48. The fourth-order valence-electron chi connectivity index (χ4n) is 2.53. The van der Waals surface area contributed by atoms with Crippen molar-refractivity contribution in [1.82, 2.24) is 4.98 Å². The number of nitrogens with one attached hydrogen (secondary N) is 1. The summed E-state index contributed by atoms with van der Waals surface area (Å²) < 4.78 is 5.69. The van der Waals surface area contributed by atoms with Gasteiger partial charge in [0.05, 0.1) is 0 Å². The van der Waals surface area contributed by atoms with E-state index >= 15 is 0 Å². The summed E-state index contributed by atoms with van der Waals surface area (Å²) in [7, 11) is 0. The van der Waals surface area contributed by atoms with Crippen molar-refractivity contribution in [2.75, 3.05) is 5.32 Å². The molecule has 3 rings (SSSR count). The predicted molar refractivity (Wildman–Crippen MR) is 69.1 cm³/mol. The maximum Gasteiger partial charge on any atom is 0.295 e. The van der Waals surface area contributed by atoms with Gasteiger partial charge in [0, 0.05) is 6.04 Å². The molecule has 0 saturated heterocycles. The normalized spacial score (nSPS) is 18.1. The molecule has 3 nitrogen and oxygen atoms in total. The van der Waals surface area contributed by atoms with E-state index in [-0.39, 0.29) is 0 Å². The van der Waals surface area contributed by atoms with E-state index in [9.17, 15) is 0 Å². The largest absolute Gasteiger partial charge is 0.424 e. The summed E-state index contributed by atoms with van der Waals surface area (Å²) in [6.07, 6.45) is 7.84. The SMILES string of the molecule is c1ccc2oc(NC3CCCCCC3)nc2c1. The Kier molecular flexibility index (Phi) is 2.99. The van der Waals surface area contributed by atoms with Crippen LogP contribution in [-0.2, 0) is 0 Å². The lowest BCUT2D eigenvalue weighted by Gasteiger charge is -2.13. The molecule has 0 spiro atoms. The zero-order chi connectivity index (χ0) is 11.5. The molecule has 1 fully saturated rings. The van der Waals surface area contributed by atoms with E-state index in [1.165, 1.54) is 38.5 Å². The zero-order valence-electron chi connectivity index (χ0n) is 9.98. The summed E-state index contributed by atoms with van der Waals surface area (Å²) >= 11 is 0. The highest BCUT2D eigenvalue weighted by Crippen LogP contribution is 2.23. The van der Waals surface area contributed by atoms with E-state index in [2.05, 4.69) is 10.3 Å². The first-order chi connectivity index (χ1) is 8.42. The van der Waals surface area contributed by atoms with E-state index in [0.717, 1.165) is 11.1 Å². The number of nitrogens with zero attached hydrogens (tertiary/aromatic N) is 1. The molecule has 2 aromatic rings. The fourth-order valence-corrected chi connectivity index (χ4v) is 2.53. The Morgan fingerprint density at radius 3 is 2.59 bits per heavy atom. The van der Waals surface area contributed by atoms with Crippen LogP contribution in [-0.4, -0.2) is 11.0 Å². The van der Waals surface area contributed by atoms with Gasteiger partial charge in [-0.2, -0.15) is 4.98 Å². The second kappa shape index (κ2) is 4.78. The van der Waals surface area contributed by atoms with Gasteiger partial charge in [-0.15, -0.1) is 0 Å². The molecule has 3 heteroatoms. The second-order valence-corrected chi connectivity index (χ2v) is 4.82. The molecule has 0 amide bonds. The zero-order valence-corrected chi connectivity index (χ0v) is 9.98. The number of benzene rings is 1. The Bertz CT molecular complexity index is 451. The van der Waals surface area contributed by atoms with Crippen molar-refractivity contribution in [2.45, 2.75) is 44.6 Å². The summed E-state index contributed by atoms with van der Waals surface area (Å²) in [5.74, 6) is 0. The number of oxazole rings is 1. The Morgan fingerprint density at radius 1 is 1.06 bits per heavy atom. The molecule has 0 unspecified atom stereocenters. The second-order valence-electron chi connectivity index (χ2n) is 4.82. The summed E-state index contributed by atoms with van der Waals surface area (Å²) in [5, 5.41) is 3.43.